The first-order valence-electron chi connectivity index (χ1n) is 6.67. The monoisotopic (exact) mass is 293 g/mol. The number of carbonyl (C=O) groups is 2. The zero-order valence-corrected chi connectivity index (χ0v) is 13.2. The molecule has 0 atom stereocenters. The highest BCUT2D eigenvalue weighted by molar-refractivity contribution is 5.84. The summed E-state index contributed by atoms with van der Waals surface area (Å²) in [6.07, 6.45) is 0. The predicted molar refractivity (Wildman–Crippen MR) is 81.2 cm³/mol. The quantitative estimate of drug-likeness (QED) is 0.860. The minimum atomic E-state index is -0.627. The predicted octanol–water partition coefficient (Wildman–Crippen LogP) is 1.32. The highest BCUT2D eigenvalue weighted by atomic mass is 16.5. The molecule has 0 aromatic heterocycles. The molecule has 1 aromatic carbocycles. The number of hydrogen-bond acceptors (Lipinski definition) is 3. The Balaban J connectivity index is 2.71. The van der Waals surface area contributed by atoms with E-state index in [0.29, 0.717) is 5.75 Å². The Hall–Kier alpha value is -2.24. The first-order valence-corrected chi connectivity index (χ1v) is 6.67. The van der Waals surface area contributed by atoms with Crippen LogP contribution in [-0.4, -0.2) is 44.6 Å². The van der Waals surface area contributed by atoms with Crippen LogP contribution in [0.2, 0.25) is 0 Å². The van der Waals surface area contributed by atoms with E-state index in [2.05, 4.69) is 10.6 Å². The molecule has 1 rings (SSSR count). The number of amides is 3. The molecular formula is C15H23N3O3. The summed E-state index contributed by atoms with van der Waals surface area (Å²) in [6.45, 7) is 3.71. The minimum absolute atomic E-state index is 0.0408. The normalized spacial score (nSPS) is 10.7. The molecule has 0 bridgehead atoms. The largest absolute Gasteiger partial charge is 0.496 e. The lowest BCUT2D eigenvalue weighted by Gasteiger charge is -2.28. The van der Waals surface area contributed by atoms with Crippen LogP contribution >= 0.6 is 0 Å². The molecular weight excluding hydrogens is 270 g/mol. The molecule has 116 valence electrons. The van der Waals surface area contributed by atoms with E-state index >= 15 is 0 Å². The van der Waals surface area contributed by atoms with Crippen molar-refractivity contribution in [2.24, 2.45) is 0 Å². The van der Waals surface area contributed by atoms with Crippen LogP contribution in [-0.2, 0) is 10.3 Å². The van der Waals surface area contributed by atoms with Crippen molar-refractivity contribution in [3.63, 3.8) is 0 Å². The Morgan fingerprint density at radius 2 is 1.86 bits per heavy atom. The fourth-order valence-electron chi connectivity index (χ4n) is 1.87. The summed E-state index contributed by atoms with van der Waals surface area (Å²) in [6, 6.07) is 7.08. The second-order valence-corrected chi connectivity index (χ2v) is 5.42. The van der Waals surface area contributed by atoms with Gasteiger partial charge in [-0.3, -0.25) is 4.79 Å². The van der Waals surface area contributed by atoms with Crippen molar-refractivity contribution >= 4 is 11.9 Å². The first-order chi connectivity index (χ1) is 9.77. The lowest BCUT2D eigenvalue weighted by atomic mass is 9.93. The molecule has 0 saturated heterocycles. The average molecular weight is 293 g/mol. The van der Waals surface area contributed by atoms with Crippen LogP contribution in [0.4, 0.5) is 4.79 Å². The standard InChI is InChI=1S/C15H23N3O3/c1-15(2,11-8-6-7-9-12(11)21-5)17-14(20)16-10-13(19)18(3)4/h6-9H,10H2,1-5H3,(H2,16,17,20). The fraction of sp³-hybridized carbons (Fsp3) is 0.467. The van der Waals surface area contributed by atoms with Crippen LogP contribution in [0.15, 0.2) is 24.3 Å². The summed E-state index contributed by atoms with van der Waals surface area (Å²) in [7, 11) is 4.87. The molecule has 0 fully saturated rings. The Bertz CT molecular complexity index is 513. The molecule has 0 aliphatic carbocycles. The Morgan fingerprint density at radius 1 is 1.24 bits per heavy atom. The van der Waals surface area contributed by atoms with Crippen molar-refractivity contribution in [3.05, 3.63) is 29.8 Å². The van der Waals surface area contributed by atoms with E-state index in [1.165, 1.54) is 4.90 Å². The number of hydrogen-bond donors (Lipinski definition) is 2. The lowest BCUT2D eigenvalue weighted by Crippen LogP contribution is -2.48. The molecule has 6 nitrogen and oxygen atoms in total. The van der Waals surface area contributed by atoms with Gasteiger partial charge < -0.3 is 20.3 Å². The van der Waals surface area contributed by atoms with Gasteiger partial charge in [0.1, 0.15) is 5.75 Å². The number of rotatable bonds is 5. The third-order valence-electron chi connectivity index (χ3n) is 3.11. The zero-order chi connectivity index (χ0) is 16.0. The number of carbonyl (C=O) groups excluding carboxylic acids is 2. The number of benzene rings is 1. The minimum Gasteiger partial charge on any atom is -0.496 e. The van der Waals surface area contributed by atoms with Crippen LogP contribution in [0.3, 0.4) is 0 Å². The van der Waals surface area contributed by atoms with Gasteiger partial charge in [0, 0.05) is 19.7 Å². The highest BCUT2D eigenvalue weighted by Crippen LogP contribution is 2.29. The van der Waals surface area contributed by atoms with Gasteiger partial charge in [-0.25, -0.2) is 4.79 Å². The van der Waals surface area contributed by atoms with Gasteiger partial charge in [0.15, 0.2) is 0 Å². The molecule has 0 saturated carbocycles. The second kappa shape index (κ2) is 6.97. The van der Waals surface area contributed by atoms with Gasteiger partial charge in [0.25, 0.3) is 0 Å². The fourth-order valence-corrected chi connectivity index (χ4v) is 1.87. The summed E-state index contributed by atoms with van der Waals surface area (Å²) in [4.78, 5) is 24.8. The van der Waals surface area contributed by atoms with Crippen LogP contribution in [0, 0.1) is 0 Å². The molecule has 21 heavy (non-hydrogen) atoms. The number of urea groups is 1. The number of ether oxygens (including phenoxy) is 1. The van der Waals surface area contributed by atoms with Crippen molar-refractivity contribution in [1.82, 2.24) is 15.5 Å². The van der Waals surface area contributed by atoms with Crippen molar-refractivity contribution in [2.45, 2.75) is 19.4 Å². The molecule has 3 amide bonds. The van der Waals surface area contributed by atoms with Gasteiger partial charge in [0.2, 0.25) is 5.91 Å². The van der Waals surface area contributed by atoms with Gasteiger partial charge in [-0.15, -0.1) is 0 Å². The average Bonchev–Trinajstić information content (AvgIpc) is 2.44. The summed E-state index contributed by atoms with van der Waals surface area (Å²) < 4.78 is 5.31. The number of nitrogens with zero attached hydrogens (tertiary/aromatic N) is 1. The number of methoxy groups -OCH3 is 1. The Labute approximate surface area is 125 Å². The molecule has 2 N–H and O–H groups in total. The van der Waals surface area contributed by atoms with Crippen LogP contribution < -0.4 is 15.4 Å². The van der Waals surface area contributed by atoms with E-state index in [0.717, 1.165) is 5.56 Å². The molecule has 0 radical (unpaired) electrons. The van der Waals surface area contributed by atoms with Gasteiger partial charge >= 0.3 is 6.03 Å². The van der Waals surface area contributed by atoms with Crippen LogP contribution in [0.5, 0.6) is 5.75 Å². The summed E-state index contributed by atoms with van der Waals surface area (Å²) in [5.41, 5.74) is 0.235. The Kier molecular flexibility index (Phi) is 5.58. The van der Waals surface area contributed by atoms with E-state index in [-0.39, 0.29) is 12.5 Å². The molecule has 0 spiro atoms. The summed E-state index contributed by atoms with van der Waals surface area (Å²) >= 11 is 0. The van der Waals surface area contributed by atoms with E-state index in [1.54, 1.807) is 21.2 Å². The summed E-state index contributed by atoms with van der Waals surface area (Å²) in [5, 5.41) is 5.39. The second-order valence-electron chi connectivity index (χ2n) is 5.42. The van der Waals surface area contributed by atoms with Crippen LogP contribution in [0.1, 0.15) is 19.4 Å². The molecule has 1 aromatic rings. The molecule has 6 heteroatoms. The van der Waals surface area contributed by atoms with Crippen LogP contribution in [0.25, 0.3) is 0 Å². The van der Waals surface area contributed by atoms with E-state index in [9.17, 15) is 9.59 Å². The zero-order valence-electron chi connectivity index (χ0n) is 13.2. The van der Waals surface area contributed by atoms with Crippen molar-refractivity contribution in [3.8, 4) is 5.75 Å². The smallest absolute Gasteiger partial charge is 0.315 e. The third-order valence-corrected chi connectivity index (χ3v) is 3.11. The summed E-state index contributed by atoms with van der Waals surface area (Å²) in [5.74, 6) is 0.535. The van der Waals surface area contributed by atoms with Crippen molar-refractivity contribution in [1.29, 1.82) is 0 Å². The maximum atomic E-state index is 11.9. The van der Waals surface area contributed by atoms with E-state index < -0.39 is 11.6 Å². The topological polar surface area (TPSA) is 70.7 Å². The maximum absolute atomic E-state index is 11.9. The number of para-hydroxylation sites is 1. The molecule has 0 heterocycles. The van der Waals surface area contributed by atoms with Gasteiger partial charge in [-0.05, 0) is 19.9 Å². The Morgan fingerprint density at radius 3 is 2.43 bits per heavy atom. The van der Waals surface area contributed by atoms with Gasteiger partial charge in [0.05, 0.1) is 19.2 Å². The van der Waals surface area contributed by atoms with Gasteiger partial charge in [-0.2, -0.15) is 0 Å². The molecule has 0 aliphatic heterocycles. The SMILES string of the molecule is COc1ccccc1C(C)(C)NC(=O)NCC(=O)N(C)C. The van der Waals surface area contributed by atoms with Gasteiger partial charge in [-0.1, -0.05) is 18.2 Å². The molecule has 0 aliphatic rings. The lowest BCUT2D eigenvalue weighted by molar-refractivity contribution is -0.127. The highest BCUT2D eigenvalue weighted by Gasteiger charge is 2.26. The van der Waals surface area contributed by atoms with Crippen molar-refractivity contribution < 1.29 is 14.3 Å². The van der Waals surface area contributed by atoms with Crippen molar-refractivity contribution in [2.75, 3.05) is 27.7 Å². The number of likely N-dealkylation sites (N-methyl/N-ethyl adjacent to an activating group) is 1. The maximum Gasteiger partial charge on any atom is 0.315 e. The number of nitrogens with one attached hydrogen (secondary N) is 2. The third kappa shape index (κ3) is 4.66. The van der Waals surface area contributed by atoms with E-state index in [4.69, 9.17) is 4.74 Å². The first kappa shape index (κ1) is 16.8. The van der Waals surface area contributed by atoms with E-state index in [1.807, 2.05) is 38.1 Å². The molecule has 0 unspecified atom stereocenters.